The van der Waals surface area contributed by atoms with Crippen molar-refractivity contribution < 1.29 is 0 Å². The molecule has 1 N–H and O–H groups in total. The van der Waals surface area contributed by atoms with E-state index in [-0.39, 0.29) is 0 Å². The Hall–Kier alpha value is -0.430. The van der Waals surface area contributed by atoms with E-state index in [1.807, 2.05) is 7.05 Å². The van der Waals surface area contributed by atoms with Gasteiger partial charge in [0.25, 0.3) is 0 Å². The number of aromatic nitrogens is 2. The van der Waals surface area contributed by atoms with E-state index in [4.69, 9.17) is 9.97 Å². The average Bonchev–Trinajstić information content (AvgIpc) is 2.71. The third kappa shape index (κ3) is 2.91. The van der Waals surface area contributed by atoms with E-state index < -0.39 is 0 Å². The third-order valence-electron chi connectivity index (χ3n) is 5.12. The van der Waals surface area contributed by atoms with Crippen LogP contribution >= 0.6 is 22.6 Å². The minimum Gasteiger partial charge on any atom is -0.372 e. The predicted octanol–water partition coefficient (Wildman–Crippen LogP) is 3.42. The van der Waals surface area contributed by atoms with Crippen molar-refractivity contribution in [2.75, 3.05) is 19.4 Å². The lowest BCUT2D eigenvalue weighted by Gasteiger charge is -2.35. The number of hydrogen-bond donors (Lipinski definition) is 1. The first kappa shape index (κ1) is 15.5. The third-order valence-corrected chi connectivity index (χ3v) is 6.26. The van der Waals surface area contributed by atoms with Gasteiger partial charge in [0.05, 0.1) is 9.26 Å². The van der Waals surface area contributed by atoms with Crippen molar-refractivity contribution >= 4 is 28.4 Å². The molecule has 2 aliphatic heterocycles. The van der Waals surface area contributed by atoms with Crippen LogP contribution in [-0.2, 0) is 6.42 Å². The van der Waals surface area contributed by atoms with Gasteiger partial charge < -0.3 is 10.2 Å². The van der Waals surface area contributed by atoms with E-state index in [1.54, 1.807) is 0 Å². The lowest BCUT2D eigenvalue weighted by Crippen LogP contribution is -2.39. The van der Waals surface area contributed by atoms with Crippen LogP contribution in [0.15, 0.2) is 0 Å². The molecule has 2 bridgehead atoms. The zero-order valence-corrected chi connectivity index (χ0v) is 15.4. The van der Waals surface area contributed by atoms with Crippen molar-refractivity contribution in [3.05, 3.63) is 15.1 Å². The molecule has 2 fully saturated rings. The second-order valence-corrected chi connectivity index (χ2v) is 7.49. The van der Waals surface area contributed by atoms with E-state index in [1.165, 1.54) is 34.9 Å². The number of nitrogens with zero attached hydrogens (tertiary/aromatic N) is 3. The minimum atomic E-state index is 0.540. The molecule has 2 unspecified atom stereocenters. The highest BCUT2D eigenvalue weighted by molar-refractivity contribution is 14.1. The summed E-state index contributed by atoms with van der Waals surface area (Å²) in [7, 11) is 4.25. The Morgan fingerprint density at radius 3 is 2.48 bits per heavy atom. The normalized spacial score (nSPS) is 28.9. The molecule has 1 aromatic heterocycles. The van der Waals surface area contributed by atoms with Crippen molar-refractivity contribution in [3.8, 4) is 0 Å². The summed E-state index contributed by atoms with van der Waals surface area (Å²) in [4.78, 5) is 12.3. The number of aryl methyl sites for hydroxylation is 1. The first-order valence-corrected chi connectivity index (χ1v) is 9.17. The topological polar surface area (TPSA) is 41.1 Å². The Kier molecular flexibility index (Phi) is 4.69. The van der Waals surface area contributed by atoms with Gasteiger partial charge in [0.15, 0.2) is 0 Å². The smallest absolute Gasteiger partial charge is 0.143 e. The molecule has 0 aromatic carbocycles. The predicted molar refractivity (Wildman–Crippen MR) is 94.8 cm³/mol. The van der Waals surface area contributed by atoms with E-state index >= 15 is 0 Å². The molecule has 2 atom stereocenters. The van der Waals surface area contributed by atoms with Gasteiger partial charge in [0.1, 0.15) is 11.6 Å². The number of halogens is 1. The highest BCUT2D eigenvalue weighted by Crippen LogP contribution is 2.41. The zero-order valence-electron chi connectivity index (χ0n) is 13.2. The first-order valence-electron chi connectivity index (χ1n) is 8.10. The molecule has 2 saturated heterocycles. The Morgan fingerprint density at radius 2 is 1.90 bits per heavy atom. The molecule has 1 aromatic rings. The summed E-state index contributed by atoms with van der Waals surface area (Å²) in [6, 6.07) is 1.48. The van der Waals surface area contributed by atoms with Crippen molar-refractivity contribution in [2.45, 2.75) is 63.5 Å². The summed E-state index contributed by atoms with van der Waals surface area (Å²) >= 11 is 2.38. The second-order valence-electron chi connectivity index (χ2n) is 6.41. The molecule has 0 saturated carbocycles. The van der Waals surface area contributed by atoms with Gasteiger partial charge in [-0.05, 0) is 61.7 Å². The number of fused-ring (bicyclic) bond motifs is 2. The average molecular weight is 400 g/mol. The van der Waals surface area contributed by atoms with Gasteiger partial charge >= 0.3 is 0 Å². The van der Waals surface area contributed by atoms with Crippen molar-refractivity contribution in [2.24, 2.45) is 0 Å². The molecule has 3 rings (SSSR count). The monoisotopic (exact) mass is 400 g/mol. The SMILES string of the molecule is CCCc1nc(C2CC3CCC(C2)N3C)nc(NC)c1I. The highest BCUT2D eigenvalue weighted by Gasteiger charge is 2.40. The van der Waals surface area contributed by atoms with Crippen LogP contribution in [0, 0.1) is 3.57 Å². The number of nitrogens with one attached hydrogen (secondary N) is 1. The fraction of sp³-hybridized carbons (Fsp3) is 0.750. The van der Waals surface area contributed by atoms with Crippen LogP contribution in [0.25, 0.3) is 0 Å². The summed E-state index contributed by atoms with van der Waals surface area (Å²) < 4.78 is 1.19. The first-order chi connectivity index (χ1) is 10.1. The van der Waals surface area contributed by atoms with Gasteiger partial charge in [-0.15, -0.1) is 0 Å². The molecule has 5 heteroatoms. The molecular formula is C16H25IN4. The molecule has 0 aliphatic carbocycles. The van der Waals surface area contributed by atoms with Crippen LogP contribution in [0.4, 0.5) is 5.82 Å². The summed E-state index contributed by atoms with van der Waals surface area (Å²) in [5, 5.41) is 3.25. The number of anilines is 1. The van der Waals surface area contributed by atoms with E-state index in [2.05, 4.69) is 46.8 Å². The maximum Gasteiger partial charge on any atom is 0.143 e. The van der Waals surface area contributed by atoms with Crippen LogP contribution in [0.1, 0.15) is 56.5 Å². The van der Waals surface area contributed by atoms with E-state index in [9.17, 15) is 0 Å². The van der Waals surface area contributed by atoms with Crippen LogP contribution in [-0.4, -0.2) is 41.0 Å². The molecular weight excluding hydrogens is 375 g/mol. The number of hydrogen-bond acceptors (Lipinski definition) is 4. The maximum absolute atomic E-state index is 4.94. The van der Waals surface area contributed by atoms with Crippen LogP contribution < -0.4 is 5.32 Å². The standard InChI is InChI=1S/C16H25IN4/c1-4-5-13-14(17)16(18-2)20-15(19-13)10-8-11-6-7-12(9-10)21(11)3/h10-12H,4-9H2,1-3H3,(H,18,19,20). The lowest BCUT2D eigenvalue weighted by molar-refractivity contribution is 0.159. The van der Waals surface area contributed by atoms with Gasteiger partial charge in [-0.2, -0.15) is 0 Å². The molecule has 21 heavy (non-hydrogen) atoms. The molecule has 4 nitrogen and oxygen atoms in total. The van der Waals surface area contributed by atoms with Crippen LogP contribution in [0.3, 0.4) is 0 Å². The van der Waals surface area contributed by atoms with E-state index in [0.717, 1.165) is 36.6 Å². The Morgan fingerprint density at radius 1 is 1.24 bits per heavy atom. The van der Waals surface area contributed by atoms with Gasteiger partial charge in [0.2, 0.25) is 0 Å². The molecule has 116 valence electrons. The van der Waals surface area contributed by atoms with Crippen molar-refractivity contribution in [1.82, 2.24) is 14.9 Å². The molecule has 0 amide bonds. The second kappa shape index (κ2) is 6.36. The Balaban J connectivity index is 1.90. The summed E-state index contributed by atoms with van der Waals surface area (Å²) in [5.74, 6) is 2.63. The number of rotatable bonds is 4. The Bertz CT molecular complexity index is 505. The summed E-state index contributed by atoms with van der Waals surface area (Å²) in [6.07, 6.45) is 7.33. The van der Waals surface area contributed by atoms with Gasteiger partial charge in [-0.1, -0.05) is 13.3 Å². The van der Waals surface area contributed by atoms with Gasteiger partial charge in [-0.3, -0.25) is 0 Å². The highest BCUT2D eigenvalue weighted by atomic mass is 127. The van der Waals surface area contributed by atoms with Gasteiger partial charge in [-0.25, -0.2) is 9.97 Å². The van der Waals surface area contributed by atoms with Crippen molar-refractivity contribution in [1.29, 1.82) is 0 Å². The lowest BCUT2D eigenvalue weighted by atomic mass is 9.90. The van der Waals surface area contributed by atoms with Gasteiger partial charge in [0, 0.05) is 25.0 Å². The quantitative estimate of drug-likeness (QED) is 0.787. The molecule has 0 spiro atoms. The molecule has 3 heterocycles. The van der Waals surface area contributed by atoms with E-state index in [0.29, 0.717) is 5.92 Å². The summed E-state index contributed by atoms with van der Waals surface area (Å²) in [5.41, 5.74) is 1.22. The van der Waals surface area contributed by atoms with Crippen LogP contribution in [0.2, 0.25) is 0 Å². The summed E-state index contributed by atoms with van der Waals surface area (Å²) in [6.45, 7) is 2.21. The Labute approximate surface area is 141 Å². The van der Waals surface area contributed by atoms with Crippen LogP contribution in [0.5, 0.6) is 0 Å². The molecule has 2 aliphatic rings. The fourth-order valence-corrected chi connectivity index (χ4v) is 4.67. The number of piperidine rings is 1. The minimum absolute atomic E-state index is 0.540. The maximum atomic E-state index is 4.94. The molecule has 0 radical (unpaired) electrons. The van der Waals surface area contributed by atoms with Crippen molar-refractivity contribution in [3.63, 3.8) is 0 Å². The fourth-order valence-electron chi connectivity index (χ4n) is 3.89. The largest absolute Gasteiger partial charge is 0.372 e. The zero-order chi connectivity index (χ0) is 15.0.